The second-order valence-corrected chi connectivity index (χ2v) is 4.38. The van der Waals surface area contributed by atoms with Crippen molar-refractivity contribution in [1.82, 2.24) is 0 Å². The van der Waals surface area contributed by atoms with Gasteiger partial charge in [-0.05, 0) is 29.7 Å². The molecule has 0 saturated carbocycles. The standard InChI is InChI=1S/C17H11FO2/c18-14-8-3-7-13(11-14)17(19)20-16-10-4-6-12-5-1-2-9-15(12)16/h1-11H. The van der Waals surface area contributed by atoms with Crippen LogP contribution < -0.4 is 4.74 Å². The average Bonchev–Trinajstić information content (AvgIpc) is 2.47. The number of esters is 1. The van der Waals surface area contributed by atoms with Crippen molar-refractivity contribution in [2.45, 2.75) is 0 Å². The number of carbonyl (C=O) groups excluding carboxylic acids is 1. The highest BCUT2D eigenvalue weighted by Crippen LogP contribution is 2.25. The summed E-state index contributed by atoms with van der Waals surface area (Å²) in [5, 5.41) is 1.83. The average molecular weight is 266 g/mol. The van der Waals surface area contributed by atoms with Gasteiger partial charge in [0, 0.05) is 5.39 Å². The van der Waals surface area contributed by atoms with Crippen molar-refractivity contribution in [2.24, 2.45) is 0 Å². The van der Waals surface area contributed by atoms with Crippen molar-refractivity contribution in [3.8, 4) is 5.75 Å². The molecule has 0 aliphatic carbocycles. The van der Waals surface area contributed by atoms with Gasteiger partial charge in [0.2, 0.25) is 0 Å². The summed E-state index contributed by atoms with van der Waals surface area (Å²) in [7, 11) is 0. The van der Waals surface area contributed by atoms with Crippen LogP contribution in [-0.2, 0) is 0 Å². The first-order valence-electron chi connectivity index (χ1n) is 6.19. The molecule has 0 saturated heterocycles. The maximum atomic E-state index is 13.1. The molecular weight excluding hydrogens is 255 g/mol. The summed E-state index contributed by atoms with van der Waals surface area (Å²) in [6.45, 7) is 0. The van der Waals surface area contributed by atoms with Gasteiger partial charge in [0.1, 0.15) is 11.6 Å². The van der Waals surface area contributed by atoms with Crippen molar-refractivity contribution in [3.63, 3.8) is 0 Å². The molecule has 0 radical (unpaired) electrons. The minimum absolute atomic E-state index is 0.193. The summed E-state index contributed by atoms with van der Waals surface area (Å²) in [5.74, 6) is -0.560. The number of benzene rings is 3. The number of hydrogen-bond donors (Lipinski definition) is 0. The van der Waals surface area contributed by atoms with Crippen LogP contribution in [0.15, 0.2) is 66.7 Å². The minimum Gasteiger partial charge on any atom is -0.422 e. The van der Waals surface area contributed by atoms with Gasteiger partial charge in [-0.3, -0.25) is 0 Å². The van der Waals surface area contributed by atoms with E-state index in [4.69, 9.17) is 4.74 Å². The lowest BCUT2D eigenvalue weighted by atomic mass is 10.1. The summed E-state index contributed by atoms with van der Waals surface area (Å²) in [4.78, 5) is 12.0. The Bertz CT molecular complexity index is 775. The molecule has 3 rings (SSSR count). The first-order valence-corrected chi connectivity index (χ1v) is 6.19. The van der Waals surface area contributed by atoms with Crippen LogP contribution in [-0.4, -0.2) is 5.97 Å². The van der Waals surface area contributed by atoms with Gasteiger partial charge in [-0.15, -0.1) is 0 Å². The Hall–Kier alpha value is -2.68. The van der Waals surface area contributed by atoms with Crippen molar-refractivity contribution in [3.05, 3.63) is 78.1 Å². The van der Waals surface area contributed by atoms with Gasteiger partial charge in [-0.25, -0.2) is 9.18 Å². The van der Waals surface area contributed by atoms with Crippen LogP contribution in [0.2, 0.25) is 0 Å². The lowest BCUT2D eigenvalue weighted by molar-refractivity contribution is 0.0736. The third-order valence-corrected chi connectivity index (χ3v) is 3.01. The zero-order chi connectivity index (χ0) is 13.9. The largest absolute Gasteiger partial charge is 0.422 e. The summed E-state index contributed by atoms with van der Waals surface area (Å²) in [6.07, 6.45) is 0. The van der Waals surface area contributed by atoms with Gasteiger partial charge in [0.05, 0.1) is 5.56 Å². The summed E-state index contributed by atoms with van der Waals surface area (Å²) >= 11 is 0. The Morgan fingerprint density at radius 1 is 0.900 bits per heavy atom. The van der Waals surface area contributed by atoms with E-state index >= 15 is 0 Å². The normalized spacial score (nSPS) is 10.4. The molecule has 2 nitrogen and oxygen atoms in total. The lowest BCUT2D eigenvalue weighted by Gasteiger charge is -2.07. The zero-order valence-electron chi connectivity index (χ0n) is 10.5. The van der Waals surface area contributed by atoms with E-state index in [1.807, 2.05) is 36.4 Å². The molecule has 0 aliphatic heterocycles. The monoisotopic (exact) mass is 266 g/mol. The van der Waals surface area contributed by atoms with Gasteiger partial charge >= 0.3 is 5.97 Å². The Morgan fingerprint density at radius 3 is 2.50 bits per heavy atom. The van der Waals surface area contributed by atoms with Gasteiger partial charge < -0.3 is 4.74 Å². The van der Waals surface area contributed by atoms with Crippen LogP contribution in [0.5, 0.6) is 5.75 Å². The molecule has 0 bridgehead atoms. The van der Waals surface area contributed by atoms with Gasteiger partial charge in [0.15, 0.2) is 0 Å². The fourth-order valence-electron chi connectivity index (χ4n) is 2.06. The predicted molar refractivity (Wildman–Crippen MR) is 75.3 cm³/mol. The molecule has 0 aromatic heterocycles. The highest BCUT2D eigenvalue weighted by Gasteiger charge is 2.11. The van der Waals surface area contributed by atoms with Gasteiger partial charge in [-0.2, -0.15) is 0 Å². The number of fused-ring (bicyclic) bond motifs is 1. The molecule has 0 N–H and O–H groups in total. The number of carbonyl (C=O) groups is 1. The number of hydrogen-bond acceptors (Lipinski definition) is 2. The van der Waals surface area contributed by atoms with E-state index < -0.39 is 11.8 Å². The van der Waals surface area contributed by atoms with Gasteiger partial charge in [-0.1, -0.05) is 42.5 Å². The molecule has 3 aromatic carbocycles. The Labute approximate surface area is 115 Å². The lowest BCUT2D eigenvalue weighted by Crippen LogP contribution is -2.08. The first-order chi connectivity index (χ1) is 9.74. The fourth-order valence-corrected chi connectivity index (χ4v) is 2.06. The van der Waals surface area contributed by atoms with Crippen LogP contribution in [0, 0.1) is 5.82 Å². The quantitative estimate of drug-likeness (QED) is 0.513. The van der Waals surface area contributed by atoms with E-state index in [9.17, 15) is 9.18 Å². The van der Waals surface area contributed by atoms with Crippen molar-refractivity contribution in [2.75, 3.05) is 0 Å². The van der Waals surface area contributed by atoms with Crippen LogP contribution in [0.4, 0.5) is 4.39 Å². The molecule has 98 valence electrons. The smallest absolute Gasteiger partial charge is 0.343 e. The molecule has 3 aromatic rings. The Kier molecular flexibility index (Phi) is 3.17. The van der Waals surface area contributed by atoms with Crippen molar-refractivity contribution < 1.29 is 13.9 Å². The Balaban J connectivity index is 1.95. The third-order valence-electron chi connectivity index (χ3n) is 3.01. The second-order valence-electron chi connectivity index (χ2n) is 4.38. The van der Waals surface area contributed by atoms with E-state index in [1.165, 1.54) is 18.2 Å². The van der Waals surface area contributed by atoms with Crippen LogP contribution in [0.1, 0.15) is 10.4 Å². The number of halogens is 1. The zero-order valence-corrected chi connectivity index (χ0v) is 10.5. The van der Waals surface area contributed by atoms with E-state index in [0.717, 1.165) is 16.8 Å². The molecule has 3 heteroatoms. The second kappa shape index (κ2) is 5.13. The van der Waals surface area contributed by atoms with Crippen molar-refractivity contribution in [1.29, 1.82) is 0 Å². The molecule has 0 heterocycles. The topological polar surface area (TPSA) is 26.3 Å². The summed E-state index contributed by atoms with van der Waals surface area (Å²) in [6, 6.07) is 18.5. The highest BCUT2D eigenvalue weighted by molar-refractivity contribution is 5.95. The molecule has 0 spiro atoms. The molecule has 0 amide bonds. The van der Waals surface area contributed by atoms with Gasteiger partial charge in [0.25, 0.3) is 0 Å². The van der Waals surface area contributed by atoms with E-state index in [1.54, 1.807) is 6.07 Å². The molecule has 0 atom stereocenters. The molecule has 0 unspecified atom stereocenters. The highest BCUT2D eigenvalue weighted by atomic mass is 19.1. The number of ether oxygens (including phenoxy) is 1. The van der Waals surface area contributed by atoms with Crippen LogP contribution >= 0.6 is 0 Å². The summed E-state index contributed by atoms with van der Waals surface area (Å²) in [5.41, 5.74) is 0.193. The van der Waals surface area contributed by atoms with Crippen LogP contribution in [0.3, 0.4) is 0 Å². The minimum atomic E-state index is -0.569. The molecule has 0 fully saturated rings. The fraction of sp³-hybridized carbons (Fsp3) is 0. The number of rotatable bonds is 2. The first kappa shape index (κ1) is 12.4. The predicted octanol–water partition coefficient (Wildman–Crippen LogP) is 4.20. The summed E-state index contributed by atoms with van der Waals surface area (Å²) < 4.78 is 18.5. The molecular formula is C17H11FO2. The maximum Gasteiger partial charge on any atom is 0.343 e. The molecule has 0 aliphatic rings. The van der Waals surface area contributed by atoms with E-state index in [-0.39, 0.29) is 5.56 Å². The van der Waals surface area contributed by atoms with E-state index in [2.05, 4.69) is 0 Å². The van der Waals surface area contributed by atoms with Crippen LogP contribution in [0.25, 0.3) is 10.8 Å². The van der Waals surface area contributed by atoms with Crippen molar-refractivity contribution >= 4 is 16.7 Å². The molecule has 20 heavy (non-hydrogen) atoms. The maximum absolute atomic E-state index is 13.1. The SMILES string of the molecule is O=C(Oc1cccc2ccccc12)c1cccc(F)c1. The Morgan fingerprint density at radius 2 is 1.65 bits per heavy atom. The third kappa shape index (κ3) is 2.38. The van der Waals surface area contributed by atoms with E-state index in [0.29, 0.717) is 5.75 Å².